The van der Waals surface area contributed by atoms with Gasteiger partial charge in [0.05, 0.1) is 12.0 Å². The second kappa shape index (κ2) is 9.51. The summed E-state index contributed by atoms with van der Waals surface area (Å²) in [6, 6.07) is 0. The number of carbonyl (C=O) groups excluding carboxylic acids is 1. The van der Waals surface area contributed by atoms with E-state index in [9.17, 15) is 14.7 Å². The van der Waals surface area contributed by atoms with Crippen LogP contribution in [0.1, 0.15) is 83.5 Å². The summed E-state index contributed by atoms with van der Waals surface area (Å²) in [5, 5.41) is 11.2. The molecule has 30 heavy (non-hydrogen) atoms. The van der Waals surface area contributed by atoms with Crippen LogP contribution in [0.2, 0.25) is 0 Å². The van der Waals surface area contributed by atoms with Gasteiger partial charge in [0.25, 0.3) is 0 Å². The second-order valence-electron chi connectivity index (χ2n) is 9.00. The summed E-state index contributed by atoms with van der Waals surface area (Å²) in [7, 11) is 0. The molecule has 0 bridgehead atoms. The molecule has 5 nitrogen and oxygen atoms in total. The van der Waals surface area contributed by atoms with E-state index in [-0.39, 0.29) is 29.2 Å². The molecular formula is C25H38O5. The van der Waals surface area contributed by atoms with Gasteiger partial charge in [0.2, 0.25) is 0 Å². The highest BCUT2D eigenvalue weighted by atomic mass is 16.5. The zero-order valence-corrected chi connectivity index (χ0v) is 20.0. The SMILES string of the molecule is CCc1oc([C@H](C)[C@@H](O)[C@H](C)C2=C(C)C(=O)[C@@H](C)[C@H]([C@@H](C)CC)O2)c(C)c(=O)c1C. The molecule has 0 saturated carbocycles. The summed E-state index contributed by atoms with van der Waals surface area (Å²) in [6.45, 7) is 17.1. The third-order valence-corrected chi connectivity index (χ3v) is 6.99. The minimum absolute atomic E-state index is 0.0371. The topological polar surface area (TPSA) is 76.7 Å². The van der Waals surface area contributed by atoms with Crippen LogP contribution in [0.4, 0.5) is 0 Å². The number of hydrogen-bond acceptors (Lipinski definition) is 5. The van der Waals surface area contributed by atoms with Crippen LogP contribution < -0.4 is 5.43 Å². The van der Waals surface area contributed by atoms with Crippen molar-refractivity contribution in [3.05, 3.63) is 44.2 Å². The summed E-state index contributed by atoms with van der Waals surface area (Å²) in [6.07, 6.45) is 0.471. The summed E-state index contributed by atoms with van der Waals surface area (Å²) in [4.78, 5) is 25.5. The molecule has 0 amide bonds. The molecule has 1 aliphatic heterocycles. The number of hydrogen-bond donors (Lipinski definition) is 1. The molecule has 0 radical (unpaired) electrons. The molecule has 5 heteroatoms. The van der Waals surface area contributed by atoms with Crippen LogP contribution in [0, 0.1) is 31.6 Å². The maximum Gasteiger partial charge on any atom is 0.191 e. The van der Waals surface area contributed by atoms with Gasteiger partial charge in [-0.25, -0.2) is 0 Å². The second-order valence-corrected chi connectivity index (χ2v) is 9.00. The molecule has 1 aromatic heterocycles. The summed E-state index contributed by atoms with van der Waals surface area (Å²) < 4.78 is 12.4. The average molecular weight is 419 g/mol. The van der Waals surface area contributed by atoms with Crippen molar-refractivity contribution >= 4 is 5.78 Å². The fourth-order valence-corrected chi connectivity index (χ4v) is 4.56. The van der Waals surface area contributed by atoms with E-state index in [1.165, 1.54) is 0 Å². The molecule has 1 aliphatic rings. The summed E-state index contributed by atoms with van der Waals surface area (Å²) in [5.41, 5.74) is 1.70. The number of carbonyl (C=O) groups is 1. The first-order valence-corrected chi connectivity index (χ1v) is 11.2. The largest absolute Gasteiger partial charge is 0.493 e. The predicted molar refractivity (Wildman–Crippen MR) is 119 cm³/mol. The number of aliphatic hydroxyl groups excluding tert-OH is 1. The van der Waals surface area contributed by atoms with Crippen LogP contribution in [0.5, 0.6) is 0 Å². The van der Waals surface area contributed by atoms with Gasteiger partial charge >= 0.3 is 0 Å². The third kappa shape index (κ3) is 4.27. The molecule has 2 rings (SSSR count). The highest BCUT2D eigenvalue weighted by Crippen LogP contribution is 2.38. The number of Topliss-reactive ketones (excluding diaryl/α,β-unsaturated/α-hetero) is 1. The minimum Gasteiger partial charge on any atom is -0.493 e. The molecule has 0 aliphatic carbocycles. The lowest BCUT2D eigenvalue weighted by molar-refractivity contribution is -0.128. The van der Waals surface area contributed by atoms with E-state index < -0.39 is 17.9 Å². The quantitative estimate of drug-likeness (QED) is 0.685. The maximum absolute atomic E-state index is 12.9. The van der Waals surface area contributed by atoms with Crippen LogP contribution >= 0.6 is 0 Å². The number of aryl methyl sites for hydroxylation is 1. The molecule has 168 valence electrons. The monoisotopic (exact) mass is 418 g/mol. The zero-order valence-electron chi connectivity index (χ0n) is 20.0. The van der Waals surface area contributed by atoms with Crippen molar-refractivity contribution < 1.29 is 19.1 Å². The number of ketones is 1. The van der Waals surface area contributed by atoms with Gasteiger partial charge in [-0.3, -0.25) is 9.59 Å². The Labute approximate surface area is 180 Å². The first-order chi connectivity index (χ1) is 14.0. The van der Waals surface area contributed by atoms with Gasteiger partial charge in [-0.2, -0.15) is 0 Å². The highest BCUT2D eigenvalue weighted by Gasteiger charge is 2.40. The van der Waals surface area contributed by atoms with Gasteiger partial charge in [-0.15, -0.1) is 0 Å². The van der Waals surface area contributed by atoms with Gasteiger partial charge in [0.1, 0.15) is 23.4 Å². The Bertz CT molecular complexity index is 878. The lowest BCUT2D eigenvalue weighted by atomic mass is 9.80. The Kier molecular flexibility index (Phi) is 7.73. The number of rotatable bonds is 7. The molecule has 1 N–H and O–H groups in total. The maximum atomic E-state index is 12.9. The van der Waals surface area contributed by atoms with Crippen LogP contribution in [0.25, 0.3) is 0 Å². The van der Waals surface area contributed by atoms with E-state index in [2.05, 4.69) is 13.8 Å². The van der Waals surface area contributed by atoms with E-state index in [0.29, 0.717) is 40.4 Å². The summed E-state index contributed by atoms with van der Waals surface area (Å²) in [5.74, 6) is 1.02. The van der Waals surface area contributed by atoms with Crippen molar-refractivity contribution in [1.82, 2.24) is 0 Å². The standard InChI is InChI=1S/C25H38O5/c1-10-12(3)23-14(5)21(27)17(8)25(30-23)18(9)22(28)16(7)24-15(6)20(26)13(4)19(11-2)29-24/h12,14,16,18,22-23,28H,10-11H2,1-9H3/t12-,14+,16+,18-,22+,23-/m0/s1. The van der Waals surface area contributed by atoms with E-state index in [1.54, 1.807) is 20.8 Å². The van der Waals surface area contributed by atoms with Gasteiger partial charge < -0.3 is 14.3 Å². The summed E-state index contributed by atoms with van der Waals surface area (Å²) >= 11 is 0. The van der Waals surface area contributed by atoms with Crippen LogP contribution in [-0.4, -0.2) is 23.1 Å². The first kappa shape index (κ1) is 24.4. The minimum atomic E-state index is -0.858. The molecule has 0 aromatic carbocycles. The molecule has 0 saturated heterocycles. The fourth-order valence-electron chi connectivity index (χ4n) is 4.56. The van der Waals surface area contributed by atoms with Crippen molar-refractivity contribution in [3.63, 3.8) is 0 Å². The normalized spacial score (nSPS) is 23.7. The smallest absolute Gasteiger partial charge is 0.191 e. The van der Waals surface area contributed by atoms with Crippen molar-refractivity contribution in [2.75, 3.05) is 0 Å². The van der Waals surface area contributed by atoms with Crippen LogP contribution in [0.3, 0.4) is 0 Å². The van der Waals surface area contributed by atoms with Crippen molar-refractivity contribution in [3.8, 4) is 0 Å². The van der Waals surface area contributed by atoms with E-state index in [4.69, 9.17) is 9.15 Å². The molecule has 1 aromatic rings. The predicted octanol–water partition coefficient (Wildman–Crippen LogP) is 4.84. The zero-order chi connectivity index (χ0) is 22.9. The number of aliphatic hydroxyl groups is 1. The molecule has 0 spiro atoms. The Hall–Kier alpha value is -1.88. The van der Waals surface area contributed by atoms with Crippen molar-refractivity contribution in [1.29, 1.82) is 0 Å². The van der Waals surface area contributed by atoms with Crippen molar-refractivity contribution in [2.24, 2.45) is 17.8 Å². The van der Waals surface area contributed by atoms with Crippen LogP contribution in [0.15, 0.2) is 20.5 Å². The lowest BCUT2D eigenvalue weighted by Gasteiger charge is -2.38. The van der Waals surface area contributed by atoms with E-state index >= 15 is 0 Å². The molecular weight excluding hydrogens is 380 g/mol. The number of allylic oxidation sites excluding steroid dienone is 1. The third-order valence-electron chi connectivity index (χ3n) is 6.99. The van der Waals surface area contributed by atoms with Crippen LogP contribution in [-0.2, 0) is 16.0 Å². The Morgan fingerprint density at radius 2 is 1.60 bits per heavy atom. The lowest BCUT2D eigenvalue weighted by Crippen LogP contribution is -2.41. The molecule has 0 fully saturated rings. The number of ether oxygens (including phenoxy) is 1. The average Bonchev–Trinajstić information content (AvgIpc) is 2.74. The molecule has 2 heterocycles. The van der Waals surface area contributed by atoms with Gasteiger partial charge in [0.15, 0.2) is 11.2 Å². The van der Waals surface area contributed by atoms with Gasteiger partial charge in [0, 0.05) is 35.0 Å². The van der Waals surface area contributed by atoms with Gasteiger partial charge in [-0.05, 0) is 26.7 Å². The highest BCUT2D eigenvalue weighted by molar-refractivity contribution is 5.98. The fraction of sp³-hybridized carbons (Fsp3) is 0.680. The van der Waals surface area contributed by atoms with E-state index in [1.807, 2.05) is 27.7 Å². The molecule has 6 atom stereocenters. The Morgan fingerprint density at radius 3 is 2.13 bits per heavy atom. The van der Waals surface area contributed by atoms with E-state index in [0.717, 1.165) is 6.42 Å². The first-order valence-electron chi connectivity index (χ1n) is 11.2. The Balaban J connectivity index is 2.41. The Morgan fingerprint density at radius 1 is 1.00 bits per heavy atom. The van der Waals surface area contributed by atoms with Crippen molar-refractivity contribution in [2.45, 2.75) is 93.3 Å². The van der Waals surface area contributed by atoms with Gasteiger partial charge in [-0.1, -0.05) is 48.0 Å². The molecule has 0 unspecified atom stereocenters.